The Labute approximate surface area is 70.8 Å². The van der Waals surface area contributed by atoms with Crippen molar-refractivity contribution in [3.05, 3.63) is 0 Å². The summed E-state index contributed by atoms with van der Waals surface area (Å²) >= 11 is 0. The number of nitrogens with zero attached hydrogens (tertiary/aromatic N) is 1. The molecule has 0 aromatic rings. The lowest BCUT2D eigenvalue weighted by molar-refractivity contribution is -0.402. The molecule has 1 unspecified atom stereocenters. The molecule has 0 aromatic carbocycles. The van der Waals surface area contributed by atoms with Crippen LogP contribution in [0.15, 0.2) is 0 Å². The molecule has 0 spiro atoms. The van der Waals surface area contributed by atoms with Gasteiger partial charge in [0.2, 0.25) is 0 Å². The molecule has 0 bridgehead atoms. The molecule has 1 amide bonds. The van der Waals surface area contributed by atoms with Gasteiger partial charge in [-0.1, -0.05) is 0 Å². The van der Waals surface area contributed by atoms with Gasteiger partial charge in [0.05, 0.1) is 0 Å². The second-order valence-corrected chi connectivity index (χ2v) is 2.13. The van der Waals surface area contributed by atoms with Crippen molar-refractivity contribution in [2.45, 2.75) is 6.04 Å². The van der Waals surface area contributed by atoms with Gasteiger partial charge in [0, 0.05) is 7.11 Å². The Balaban J connectivity index is 0.000001000. The van der Waals surface area contributed by atoms with Crippen LogP contribution in [-0.2, 0) is 14.4 Å². The van der Waals surface area contributed by atoms with E-state index in [1.54, 1.807) is 0 Å². The lowest BCUT2D eigenvalue weighted by atomic mass is 10.3. The molecule has 1 aliphatic heterocycles. The van der Waals surface area contributed by atoms with Crippen LogP contribution in [0.5, 0.6) is 0 Å². The molecule has 1 aliphatic rings. The van der Waals surface area contributed by atoms with E-state index < -0.39 is 0 Å². The first-order chi connectivity index (χ1) is 4.75. The van der Waals surface area contributed by atoms with Crippen LogP contribution in [0, 0.1) is 0 Å². The van der Waals surface area contributed by atoms with Crippen molar-refractivity contribution in [2.75, 3.05) is 20.4 Å². The Morgan fingerprint density at radius 2 is 2.55 bits per heavy atom. The van der Waals surface area contributed by atoms with E-state index in [0.29, 0.717) is 6.61 Å². The molecule has 1 saturated heterocycles. The molecule has 11 heavy (non-hydrogen) atoms. The molecular weight excluding hydrogens is 172 g/mol. The molecule has 6 heteroatoms. The molecule has 0 aliphatic carbocycles. The zero-order chi connectivity index (χ0) is 7.56. The lowest BCUT2D eigenvalue weighted by Gasteiger charge is -2.10. The monoisotopic (exact) mass is 182 g/mol. The number of hydrogen-bond donors (Lipinski definition) is 1. The average Bonchev–Trinajstić information content (AvgIpc) is 2.20. The summed E-state index contributed by atoms with van der Waals surface area (Å²) in [6, 6.07) is -0.268. The minimum absolute atomic E-state index is 0. The number of carbonyl (C=O) groups is 1. The number of hydrogen-bond acceptors (Lipinski definition) is 3. The van der Waals surface area contributed by atoms with Crippen LogP contribution < -0.4 is 18.1 Å². The molecule has 0 aromatic heterocycles. The van der Waals surface area contributed by atoms with Crippen LogP contribution in [0.2, 0.25) is 0 Å². The SMILES string of the molecule is COCN1OCC([NH3+])C1=O.[Cl-]. The Morgan fingerprint density at radius 1 is 1.91 bits per heavy atom. The summed E-state index contributed by atoms with van der Waals surface area (Å²) in [5, 5.41) is 1.18. The Kier molecular flexibility index (Phi) is 4.36. The van der Waals surface area contributed by atoms with Crippen molar-refractivity contribution in [2.24, 2.45) is 0 Å². The highest BCUT2D eigenvalue weighted by Crippen LogP contribution is 2.03. The molecular formula is C5H11ClN2O3. The largest absolute Gasteiger partial charge is 1.00 e. The fraction of sp³-hybridized carbons (Fsp3) is 0.800. The van der Waals surface area contributed by atoms with E-state index in [9.17, 15) is 4.79 Å². The van der Waals surface area contributed by atoms with Gasteiger partial charge in [0.1, 0.15) is 13.3 Å². The van der Waals surface area contributed by atoms with Crippen molar-refractivity contribution in [3.63, 3.8) is 0 Å². The predicted molar refractivity (Wildman–Crippen MR) is 31.4 cm³/mol. The normalized spacial score (nSPS) is 23.6. The Hall–Kier alpha value is -0.360. The summed E-state index contributed by atoms with van der Waals surface area (Å²) in [4.78, 5) is 15.9. The maximum atomic E-state index is 11.0. The average molecular weight is 183 g/mol. The molecule has 3 N–H and O–H groups in total. The third kappa shape index (κ3) is 2.30. The second-order valence-electron chi connectivity index (χ2n) is 2.13. The Bertz CT molecular complexity index is 142. The number of ether oxygens (including phenoxy) is 1. The highest BCUT2D eigenvalue weighted by atomic mass is 35.5. The highest BCUT2D eigenvalue weighted by Gasteiger charge is 2.32. The fourth-order valence-corrected chi connectivity index (χ4v) is 0.737. The molecule has 5 nitrogen and oxygen atoms in total. The maximum absolute atomic E-state index is 11.0. The zero-order valence-electron chi connectivity index (χ0n) is 6.25. The fourth-order valence-electron chi connectivity index (χ4n) is 0.737. The Morgan fingerprint density at radius 3 is 2.91 bits per heavy atom. The summed E-state index contributed by atoms with van der Waals surface area (Å²) in [5.41, 5.74) is 3.58. The molecule has 0 saturated carbocycles. The van der Waals surface area contributed by atoms with Gasteiger partial charge in [0.25, 0.3) is 0 Å². The maximum Gasteiger partial charge on any atom is 0.308 e. The standard InChI is InChI=1S/C5H10N2O3.ClH/c1-9-3-7-5(8)4(6)2-10-7;/h4H,2-3,6H2,1H3;1H. The van der Waals surface area contributed by atoms with Crippen LogP contribution in [0.4, 0.5) is 0 Å². The van der Waals surface area contributed by atoms with E-state index in [-0.39, 0.29) is 31.1 Å². The number of methoxy groups -OCH3 is 1. The first-order valence-corrected chi connectivity index (χ1v) is 3.02. The topological polar surface area (TPSA) is 66.4 Å². The number of amides is 1. The first kappa shape index (κ1) is 10.6. The van der Waals surface area contributed by atoms with Gasteiger partial charge in [-0.2, -0.15) is 5.06 Å². The quantitative estimate of drug-likeness (QED) is 0.465. The van der Waals surface area contributed by atoms with Gasteiger partial charge in [-0.25, -0.2) is 0 Å². The van der Waals surface area contributed by atoms with Gasteiger partial charge >= 0.3 is 5.91 Å². The zero-order valence-corrected chi connectivity index (χ0v) is 7.00. The van der Waals surface area contributed by atoms with Crippen LogP contribution in [-0.4, -0.2) is 37.5 Å². The number of rotatable bonds is 2. The van der Waals surface area contributed by atoms with Gasteiger partial charge < -0.3 is 22.9 Å². The van der Waals surface area contributed by atoms with Crippen LogP contribution >= 0.6 is 0 Å². The van der Waals surface area contributed by atoms with E-state index in [1.807, 2.05) is 0 Å². The molecule has 1 heterocycles. The highest BCUT2D eigenvalue weighted by molar-refractivity contribution is 5.80. The summed E-state index contributed by atoms with van der Waals surface area (Å²) in [6.07, 6.45) is 0. The van der Waals surface area contributed by atoms with E-state index in [1.165, 1.54) is 12.2 Å². The first-order valence-electron chi connectivity index (χ1n) is 3.02. The van der Waals surface area contributed by atoms with E-state index in [4.69, 9.17) is 9.57 Å². The van der Waals surface area contributed by atoms with E-state index in [2.05, 4.69) is 5.73 Å². The molecule has 1 atom stereocenters. The summed E-state index contributed by atoms with van der Waals surface area (Å²) in [5.74, 6) is -0.109. The van der Waals surface area contributed by atoms with Crippen molar-refractivity contribution in [1.29, 1.82) is 0 Å². The molecule has 1 rings (SSSR count). The minimum Gasteiger partial charge on any atom is -1.00 e. The molecule has 1 fully saturated rings. The van der Waals surface area contributed by atoms with Crippen molar-refractivity contribution in [3.8, 4) is 0 Å². The summed E-state index contributed by atoms with van der Waals surface area (Å²) in [6.45, 7) is 0.549. The van der Waals surface area contributed by atoms with Crippen LogP contribution in [0.25, 0.3) is 0 Å². The van der Waals surface area contributed by atoms with Crippen molar-refractivity contribution < 1.29 is 32.5 Å². The number of carbonyl (C=O) groups excluding carboxylic acids is 1. The second kappa shape index (κ2) is 4.50. The van der Waals surface area contributed by atoms with E-state index in [0.717, 1.165) is 0 Å². The molecule has 66 valence electrons. The van der Waals surface area contributed by atoms with Crippen LogP contribution in [0.1, 0.15) is 0 Å². The molecule has 0 radical (unpaired) electrons. The number of halogens is 1. The van der Waals surface area contributed by atoms with Gasteiger partial charge in [-0.3, -0.25) is 9.63 Å². The third-order valence-electron chi connectivity index (χ3n) is 1.27. The van der Waals surface area contributed by atoms with Crippen LogP contribution in [0.3, 0.4) is 0 Å². The van der Waals surface area contributed by atoms with Crippen molar-refractivity contribution in [1.82, 2.24) is 5.06 Å². The predicted octanol–water partition coefficient (Wildman–Crippen LogP) is -5.02. The van der Waals surface area contributed by atoms with Crippen molar-refractivity contribution >= 4 is 5.91 Å². The number of quaternary nitrogens is 1. The van der Waals surface area contributed by atoms with Gasteiger partial charge in [-0.15, -0.1) is 0 Å². The third-order valence-corrected chi connectivity index (χ3v) is 1.27. The van der Waals surface area contributed by atoms with Gasteiger partial charge in [0.15, 0.2) is 6.04 Å². The summed E-state index contributed by atoms with van der Waals surface area (Å²) in [7, 11) is 1.51. The lowest BCUT2D eigenvalue weighted by Crippen LogP contribution is -3.00. The summed E-state index contributed by atoms with van der Waals surface area (Å²) < 4.78 is 4.70. The van der Waals surface area contributed by atoms with Gasteiger partial charge in [-0.05, 0) is 0 Å². The smallest absolute Gasteiger partial charge is 0.308 e. The van der Waals surface area contributed by atoms with E-state index >= 15 is 0 Å². The minimum atomic E-state index is -0.268. The number of hydroxylamine groups is 2.